The molecule has 0 aliphatic rings. The SMILES string of the molecule is C=C(Cl)CSc1nnc(C(Cc2ccccc2)NC(=O)c2ccccn2)n1C. The number of carbonyl (C=O) groups is 1. The van der Waals surface area contributed by atoms with Gasteiger partial charge in [-0.15, -0.1) is 10.2 Å². The molecule has 1 aromatic carbocycles. The standard InChI is InChI=1S/C20H20ClN5OS/c1-14(21)13-28-20-25-24-18(26(20)2)17(12-15-8-4-3-5-9-15)23-19(27)16-10-6-7-11-22-16/h3-11,17H,1,12-13H2,2H3,(H,23,27). The van der Waals surface area contributed by atoms with Gasteiger partial charge in [0.1, 0.15) is 5.69 Å². The first-order valence-electron chi connectivity index (χ1n) is 8.65. The van der Waals surface area contributed by atoms with E-state index in [0.29, 0.717) is 33.9 Å². The summed E-state index contributed by atoms with van der Waals surface area (Å²) in [6, 6.07) is 14.8. The third kappa shape index (κ3) is 5.21. The lowest BCUT2D eigenvalue weighted by molar-refractivity contribution is 0.0929. The number of carbonyl (C=O) groups excluding carboxylic acids is 1. The van der Waals surface area contributed by atoms with Gasteiger partial charge in [0.2, 0.25) is 0 Å². The molecule has 0 spiro atoms. The molecule has 0 saturated heterocycles. The Kier molecular flexibility index (Phi) is 6.84. The summed E-state index contributed by atoms with van der Waals surface area (Å²) < 4.78 is 1.87. The first-order chi connectivity index (χ1) is 13.5. The number of aromatic nitrogens is 4. The van der Waals surface area contributed by atoms with Crippen molar-refractivity contribution >= 4 is 29.3 Å². The van der Waals surface area contributed by atoms with Crippen molar-refractivity contribution in [2.24, 2.45) is 7.05 Å². The zero-order valence-corrected chi connectivity index (χ0v) is 17.0. The summed E-state index contributed by atoms with van der Waals surface area (Å²) in [7, 11) is 1.87. The highest BCUT2D eigenvalue weighted by atomic mass is 35.5. The average Bonchev–Trinajstić information content (AvgIpc) is 3.07. The maximum Gasteiger partial charge on any atom is 0.270 e. The third-order valence-corrected chi connectivity index (χ3v) is 5.42. The topological polar surface area (TPSA) is 72.7 Å². The molecule has 1 unspecified atom stereocenters. The molecule has 28 heavy (non-hydrogen) atoms. The smallest absolute Gasteiger partial charge is 0.270 e. The highest BCUT2D eigenvalue weighted by molar-refractivity contribution is 7.99. The molecule has 1 atom stereocenters. The second kappa shape index (κ2) is 9.52. The fourth-order valence-corrected chi connectivity index (χ4v) is 3.52. The van der Waals surface area contributed by atoms with E-state index in [9.17, 15) is 4.79 Å². The molecule has 0 aliphatic carbocycles. The van der Waals surface area contributed by atoms with Crippen molar-refractivity contribution in [2.75, 3.05) is 5.75 Å². The fourth-order valence-electron chi connectivity index (χ4n) is 2.68. The molecule has 3 aromatic rings. The molecule has 0 saturated carbocycles. The Balaban J connectivity index is 1.86. The molecule has 1 amide bonds. The molecule has 2 heterocycles. The van der Waals surface area contributed by atoms with Gasteiger partial charge in [-0.25, -0.2) is 0 Å². The van der Waals surface area contributed by atoms with Crippen LogP contribution < -0.4 is 5.32 Å². The third-order valence-electron chi connectivity index (χ3n) is 4.02. The maximum atomic E-state index is 12.7. The molecule has 0 radical (unpaired) electrons. The van der Waals surface area contributed by atoms with Crippen LogP contribution in [-0.4, -0.2) is 31.4 Å². The molecule has 8 heteroatoms. The number of hydrogen-bond donors (Lipinski definition) is 1. The molecule has 3 rings (SSSR count). The van der Waals surface area contributed by atoms with Gasteiger partial charge in [-0.1, -0.05) is 66.3 Å². The van der Waals surface area contributed by atoms with Gasteiger partial charge < -0.3 is 9.88 Å². The molecule has 1 N–H and O–H groups in total. The molecule has 0 bridgehead atoms. The number of nitrogens with zero attached hydrogens (tertiary/aromatic N) is 4. The Morgan fingerprint density at radius 3 is 2.64 bits per heavy atom. The summed E-state index contributed by atoms with van der Waals surface area (Å²) in [5.74, 6) is 0.945. The van der Waals surface area contributed by atoms with E-state index in [0.717, 1.165) is 5.56 Å². The second-order valence-electron chi connectivity index (χ2n) is 6.14. The Morgan fingerprint density at radius 1 is 1.21 bits per heavy atom. The summed E-state index contributed by atoms with van der Waals surface area (Å²) in [6.07, 6.45) is 2.18. The lowest BCUT2D eigenvalue weighted by Gasteiger charge is -2.18. The van der Waals surface area contributed by atoms with Gasteiger partial charge in [0, 0.05) is 24.0 Å². The number of halogens is 1. The van der Waals surface area contributed by atoms with E-state index in [-0.39, 0.29) is 11.9 Å². The van der Waals surface area contributed by atoms with Gasteiger partial charge in [0.05, 0.1) is 6.04 Å². The summed E-state index contributed by atoms with van der Waals surface area (Å²) in [5.41, 5.74) is 1.44. The molecule has 2 aromatic heterocycles. The molecule has 144 valence electrons. The minimum atomic E-state index is -0.358. The highest BCUT2D eigenvalue weighted by Crippen LogP contribution is 2.24. The van der Waals surface area contributed by atoms with Gasteiger partial charge in [-0.05, 0) is 24.1 Å². The number of nitrogens with one attached hydrogen (secondary N) is 1. The number of rotatable bonds is 8. The Bertz CT molecular complexity index is 946. The van der Waals surface area contributed by atoms with Crippen molar-refractivity contribution in [2.45, 2.75) is 17.6 Å². The molecule has 0 aliphatic heterocycles. The maximum absolute atomic E-state index is 12.7. The Morgan fingerprint density at radius 2 is 1.96 bits per heavy atom. The van der Waals surface area contributed by atoms with Gasteiger partial charge in [0.25, 0.3) is 5.91 Å². The van der Waals surface area contributed by atoms with Crippen LogP contribution in [-0.2, 0) is 13.5 Å². The van der Waals surface area contributed by atoms with Crippen LogP contribution in [0.25, 0.3) is 0 Å². The van der Waals surface area contributed by atoms with Crippen molar-refractivity contribution in [3.05, 3.63) is 83.4 Å². The van der Waals surface area contributed by atoms with Crippen LogP contribution >= 0.6 is 23.4 Å². The van der Waals surface area contributed by atoms with Crippen LogP contribution in [0.15, 0.2) is 71.5 Å². The predicted molar refractivity (Wildman–Crippen MR) is 111 cm³/mol. The van der Waals surface area contributed by atoms with E-state index in [4.69, 9.17) is 11.6 Å². The highest BCUT2D eigenvalue weighted by Gasteiger charge is 2.23. The second-order valence-corrected chi connectivity index (χ2v) is 7.61. The fraction of sp³-hybridized carbons (Fsp3) is 0.200. The first kappa shape index (κ1) is 20.1. The van der Waals surface area contributed by atoms with Crippen molar-refractivity contribution in [1.29, 1.82) is 0 Å². The zero-order valence-electron chi connectivity index (χ0n) is 15.4. The monoisotopic (exact) mass is 413 g/mol. The lowest BCUT2D eigenvalue weighted by atomic mass is 10.1. The Hall–Kier alpha value is -2.64. The Labute approximate surface area is 173 Å². The van der Waals surface area contributed by atoms with Crippen LogP contribution in [0, 0.1) is 0 Å². The summed E-state index contributed by atoms with van der Waals surface area (Å²) >= 11 is 7.30. The van der Waals surface area contributed by atoms with Gasteiger partial charge in [-0.3, -0.25) is 9.78 Å². The minimum Gasteiger partial charge on any atom is -0.340 e. The van der Waals surface area contributed by atoms with Crippen molar-refractivity contribution in [3.63, 3.8) is 0 Å². The van der Waals surface area contributed by atoms with E-state index in [2.05, 4.69) is 27.1 Å². The van der Waals surface area contributed by atoms with E-state index in [1.165, 1.54) is 11.8 Å². The number of hydrogen-bond acceptors (Lipinski definition) is 5. The molecule has 0 fully saturated rings. The van der Waals surface area contributed by atoms with E-state index < -0.39 is 0 Å². The average molecular weight is 414 g/mol. The normalized spacial score (nSPS) is 11.8. The number of pyridine rings is 1. The van der Waals surface area contributed by atoms with E-state index in [1.807, 2.05) is 41.9 Å². The van der Waals surface area contributed by atoms with E-state index in [1.54, 1.807) is 24.4 Å². The van der Waals surface area contributed by atoms with Crippen molar-refractivity contribution < 1.29 is 4.79 Å². The van der Waals surface area contributed by atoms with Crippen molar-refractivity contribution in [3.8, 4) is 0 Å². The molecular weight excluding hydrogens is 394 g/mol. The summed E-state index contributed by atoms with van der Waals surface area (Å²) in [6.45, 7) is 3.69. The van der Waals surface area contributed by atoms with Crippen LogP contribution in [0.3, 0.4) is 0 Å². The molecule has 6 nitrogen and oxygen atoms in total. The van der Waals surface area contributed by atoms with E-state index >= 15 is 0 Å². The summed E-state index contributed by atoms with van der Waals surface area (Å²) in [5, 5.41) is 12.9. The quantitative estimate of drug-likeness (QED) is 0.569. The first-order valence-corrected chi connectivity index (χ1v) is 10.0. The van der Waals surface area contributed by atoms with Gasteiger partial charge in [-0.2, -0.15) is 0 Å². The minimum absolute atomic E-state index is 0.257. The number of thioether (sulfide) groups is 1. The number of amides is 1. The molecular formula is C20H20ClN5OS. The van der Waals surface area contributed by atoms with Crippen molar-refractivity contribution in [1.82, 2.24) is 25.1 Å². The van der Waals surface area contributed by atoms with Crippen LogP contribution in [0.2, 0.25) is 0 Å². The largest absolute Gasteiger partial charge is 0.340 e. The van der Waals surface area contributed by atoms with Crippen LogP contribution in [0.4, 0.5) is 0 Å². The van der Waals surface area contributed by atoms with Crippen LogP contribution in [0.1, 0.15) is 27.9 Å². The number of benzene rings is 1. The zero-order chi connectivity index (χ0) is 19.9. The van der Waals surface area contributed by atoms with Crippen LogP contribution in [0.5, 0.6) is 0 Å². The summed E-state index contributed by atoms with van der Waals surface area (Å²) in [4.78, 5) is 16.8. The van der Waals surface area contributed by atoms with Gasteiger partial charge in [0.15, 0.2) is 11.0 Å². The predicted octanol–water partition coefficient (Wildman–Crippen LogP) is 3.77. The lowest BCUT2D eigenvalue weighted by Crippen LogP contribution is -2.32. The van der Waals surface area contributed by atoms with Gasteiger partial charge >= 0.3 is 0 Å².